The highest BCUT2D eigenvalue weighted by Crippen LogP contribution is 2.22. The van der Waals surface area contributed by atoms with Gasteiger partial charge < -0.3 is 14.2 Å². The molecule has 1 unspecified atom stereocenters. The van der Waals surface area contributed by atoms with Crippen LogP contribution in [0.4, 0.5) is 4.79 Å². The van der Waals surface area contributed by atoms with Gasteiger partial charge in [-0.1, -0.05) is 5.16 Å². The van der Waals surface area contributed by atoms with Gasteiger partial charge in [-0.3, -0.25) is 4.79 Å². The lowest BCUT2D eigenvalue weighted by Crippen LogP contribution is -2.44. The summed E-state index contributed by atoms with van der Waals surface area (Å²) in [7, 11) is 0. The number of likely N-dealkylation sites (tertiary alicyclic amines) is 1. The lowest BCUT2D eigenvalue weighted by atomic mass is 9.91. The number of aromatic nitrogens is 1. The molecule has 22 heavy (non-hydrogen) atoms. The Kier molecular flexibility index (Phi) is 4.88. The minimum atomic E-state index is -0.523. The molecule has 2 rings (SSSR count). The van der Waals surface area contributed by atoms with E-state index in [1.54, 1.807) is 11.1 Å². The van der Waals surface area contributed by atoms with Crippen molar-refractivity contribution in [3.63, 3.8) is 0 Å². The average Bonchev–Trinajstić information content (AvgIpc) is 2.82. The van der Waals surface area contributed by atoms with Crippen LogP contribution in [-0.2, 0) is 16.0 Å². The van der Waals surface area contributed by atoms with E-state index >= 15 is 0 Å². The summed E-state index contributed by atoms with van der Waals surface area (Å²) in [6.45, 7) is 8.44. The van der Waals surface area contributed by atoms with Gasteiger partial charge in [0.1, 0.15) is 17.1 Å². The van der Waals surface area contributed by atoms with Crippen LogP contribution in [0, 0.1) is 12.8 Å². The molecule has 1 saturated heterocycles. The van der Waals surface area contributed by atoms with Gasteiger partial charge >= 0.3 is 6.09 Å². The van der Waals surface area contributed by atoms with Crippen LogP contribution in [0.2, 0.25) is 0 Å². The van der Waals surface area contributed by atoms with Crippen LogP contribution in [0.15, 0.2) is 10.7 Å². The molecule has 1 fully saturated rings. The first kappa shape index (κ1) is 16.5. The Hall–Kier alpha value is -1.85. The number of Topliss-reactive ketones (excluding diaryl/α,β-unsaturated/α-hetero) is 1. The third kappa shape index (κ3) is 4.32. The van der Waals surface area contributed by atoms with Crippen molar-refractivity contribution in [2.24, 2.45) is 5.92 Å². The highest BCUT2D eigenvalue weighted by molar-refractivity contribution is 5.84. The number of hydrogen-bond donors (Lipinski definition) is 0. The summed E-state index contributed by atoms with van der Waals surface area (Å²) in [6.07, 6.45) is 3.10. The number of hydrogen-bond acceptors (Lipinski definition) is 5. The predicted octanol–water partition coefficient (Wildman–Crippen LogP) is 2.74. The van der Waals surface area contributed by atoms with Crippen molar-refractivity contribution in [3.8, 4) is 0 Å². The largest absolute Gasteiger partial charge is 0.444 e. The van der Waals surface area contributed by atoms with Gasteiger partial charge in [-0.2, -0.15) is 0 Å². The van der Waals surface area contributed by atoms with Crippen molar-refractivity contribution in [2.45, 2.75) is 52.6 Å². The van der Waals surface area contributed by atoms with E-state index in [9.17, 15) is 9.59 Å². The molecule has 0 N–H and O–H groups in total. The number of rotatable bonds is 3. The fraction of sp³-hybridized carbons (Fsp3) is 0.688. The number of piperidine rings is 1. The van der Waals surface area contributed by atoms with E-state index in [0.717, 1.165) is 18.4 Å². The molecule has 6 heteroatoms. The monoisotopic (exact) mass is 308 g/mol. The van der Waals surface area contributed by atoms with Gasteiger partial charge in [-0.25, -0.2) is 4.79 Å². The molecule has 1 aliphatic heterocycles. The number of carbonyl (C=O) groups is 2. The number of nitrogens with zero attached hydrogens (tertiary/aromatic N) is 2. The van der Waals surface area contributed by atoms with E-state index in [0.29, 0.717) is 18.8 Å². The zero-order chi connectivity index (χ0) is 16.3. The number of amides is 1. The summed E-state index contributed by atoms with van der Waals surface area (Å²) in [5.41, 5.74) is 0.360. The molecule has 0 aliphatic carbocycles. The topological polar surface area (TPSA) is 72.6 Å². The lowest BCUT2D eigenvalue weighted by Gasteiger charge is -2.33. The summed E-state index contributed by atoms with van der Waals surface area (Å²) >= 11 is 0. The highest BCUT2D eigenvalue weighted by atomic mass is 16.6. The minimum absolute atomic E-state index is 0.0908. The maximum atomic E-state index is 12.4. The molecule has 0 saturated carbocycles. The van der Waals surface area contributed by atoms with E-state index in [1.165, 1.54) is 0 Å². The molecule has 1 aliphatic rings. The third-order valence-electron chi connectivity index (χ3n) is 3.71. The molecule has 1 amide bonds. The van der Waals surface area contributed by atoms with E-state index in [4.69, 9.17) is 9.26 Å². The minimum Gasteiger partial charge on any atom is -0.444 e. The summed E-state index contributed by atoms with van der Waals surface area (Å²) in [4.78, 5) is 26.2. The number of ketones is 1. The molecule has 0 radical (unpaired) electrons. The van der Waals surface area contributed by atoms with Gasteiger partial charge in [-0.05, 0) is 40.5 Å². The summed E-state index contributed by atoms with van der Waals surface area (Å²) in [5, 5.41) is 3.69. The second-order valence-electron chi connectivity index (χ2n) is 6.84. The van der Waals surface area contributed by atoms with Gasteiger partial charge in [0.25, 0.3) is 0 Å². The SMILES string of the molecule is Cc1cnoc1CC(=O)C1CCCN(C(=O)OC(C)(C)C)C1. The Morgan fingerprint density at radius 1 is 1.45 bits per heavy atom. The van der Waals surface area contributed by atoms with Crippen molar-refractivity contribution in [1.82, 2.24) is 10.1 Å². The van der Waals surface area contributed by atoms with Crippen LogP contribution in [0.1, 0.15) is 44.9 Å². The van der Waals surface area contributed by atoms with Crippen molar-refractivity contribution in [1.29, 1.82) is 0 Å². The Bertz CT molecular complexity index is 545. The lowest BCUT2D eigenvalue weighted by molar-refractivity contribution is -0.124. The van der Waals surface area contributed by atoms with Crippen LogP contribution in [0.5, 0.6) is 0 Å². The van der Waals surface area contributed by atoms with Crippen molar-refractivity contribution >= 4 is 11.9 Å². The first-order valence-corrected chi connectivity index (χ1v) is 7.67. The van der Waals surface area contributed by atoms with Crippen LogP contribution in [-0.4, -0.2) is 40.6 Å². The average molecular weight is 308 g/mol. The number of ether oxygens (including phenoxy) is 1. The number of aryl methyl sites for hydroxylation is 1. The molecule has 2 heterocycles. The van der Waals surface area contributed by atoms with Gasteiger partial charge in [0.15, 0.2) is 0 Å². The third-order valence-corrected chi connectivity index (χ3v) is 3.71. The van der Waals surface area contributed by atoms with E-state index in [-0.39, 0.29) is 24.2 Å². The summed E-state index contributed by atoms with van der Waals surface area (Å²) < 4.78 is 10.5. The van der Waals surface area contributed by atoms with Crippen molar-refractivity contribution in [3.05, 3.63) is 17.5 Å². The first-order chi connectivity index (χ1) is 10.3. The summed E-state index contributed by atoms with van der Waals surface area (Å²) in [6, 6.07) is 0. The molecule has 0 spiro atoms. The van der Waals surface area contributed by atoms with E-state index in [1.807, 2.05) is 27.7 Å². The predicted molar refractivity (Wildman–Crippen MR) is 80.5 cm³/mol. The van der Waals surface area contributed by atoms with Crippen molar-refractivity contribution in [2.75, 3.05) is 13.1 Å². The first-order valence-electron chi connectivity index (χ1n) is 7.67. The Labute approximate surface area is 130 Å². The van der Waals surface area contributed by atoms with Crippen LogP contribution in [0.25, 0.3) is 0 Å². The zero-order valence-electron chi connectivity index (χ0n) is 13.7. The smallest absolute Gasteiger partial charge is 0.410 e. The fourth-order valence-electron chi connectivity index (χ4n) is 2.52. The van der Waals surface area contributed by atoms with Crippen LogP contribution in [0.3, 0.4) is 0 Å². The molecule has 0 bridgehead atoms. The second kappa shape index (κ2) is 6.50. The van der Waals surface area contributed by atoms with Gasteiger partial charge in [-0.15, -0.1) is 0 Å². The van der Waals surface area contributed by atoms with Crippen LogP contribution < -0.4 is 0 Å². The molecular weight excluding hydrogens is 284 g/mol. The van der Waals surface area contributed by atoms with Gasteiger partial charge in [0, 0.05) is 24.6 Å². The molecule has 122 valence electrons. The van der Waals surface area contributed by atoms with Gasteiger partial charge in [0.05, 0.1) is 12.6 Å². The molecule has 1 aromatic heterocycles. The standard InChI is InChI=1S/C16H24N2O4/c1-11-9-17-22-14(11)8-13(19)12-6-5-7-18(10-12)15(20)21-16(2,3)4/h9,12H,5-8,10H2,1-4H3. The van der Waals surface area contributed by atoms with E-state index in [2.05, 4.69) is 5.16 Å². The Morgan fingerprint density at radius 3 is 2.77 bits per heavy atom. The molecule has 6 nitrogen and oxygen atoms in total. The maximum absolute atomic E-state index is 12.4. The highest BCUT2D eigenvalue weighted by Gasteiger charge is 2.31. The van der Waals surface area contributed by atoms with Crippen molar-refractivity contribution < 1.29 is 18.8 Å². The van der Waals surface area contributed by atoms with E-state index < -0.39 is 5.60 Å². The molecular formula is C16H24N2O4. The molecule has 1 atom stereocenters. The maximum Gasteiger partial charge on any atom is 0.410 e. The number of carbonyl (C=O) groups excluding carboxylic acids is 2. The van der Waals surface area contributed by atoms with Gasteiger partial charge in [0.2, 0.25) is 0 Å². The second-order valence-corrected chi connectivity index (χ2v) is 6.84. The molecule has 1 aromatic rings. The Morgan fingerprint density at radius 2 is 2.18 bits per heavy atom. The zero-order valence-corrected chi connectivity index (χ0v) is 13.7. The molecule has 0 aromatic carbocycles. The normalized spacial score (nSPS) is 19.1. The fourth-order valence-corrected chi connectivity index (χ4v) is 2.52. The quantitative estimate of drug-likeness (QED) is 0.858. The van der Waals surface area contributed by atoms with Crippen LogP contribution >= 0.6 is 0 Å². The summed E-state index contributed by atoms with van der Waals surface area (Å²) in [5.74, 6) is 0.540. The Balaban J connectivity index is 1.94.